The summed E-state index contributed by atoms with van der Waals surface area (Å²) in [6.45, 7) is 5.56. The summed E-state index contributed by atoms with van der Waals surface area (Å²) in [6.07, 6.45) is -1.55. The van der Waals surface area contributed by atoms with Crippen LogP contribution in [0, 0.1) is 5.92 Å². The zero-order valence-electron chi connectivity index (χ0n) is 15.2. The molecule has 0 fully saturated rings. The van der Waals surface area contributed by atoms with Crippen molar-refractivity contribution in [3.63, 3.8) is 0 Å². The van der Waals surface area contributed by atoms with E-state index in [1.54, 1.807) is 11.8 Å². The van der Waals surface area contributed by atoms with E-state index in [0.717, 1.165) is 30.4 Å². The van der Waals surface area contributed by atoms with Crippen LogP contribution in [0.15, 0.2) is 10.1 Å². The highest BCUT2D eigenvalue weighted by atomic mass is 32.2. The lowest BCUT2D eigenvalue weighted by Gasteiger charge is -2.13. The summed E-state index contributed by atoms with van der Waals surface area (Å²) in [5, 5.41) is 15.0. The lowest BCUT2D eigenvalue weighted by Crippen LogP contribution is -2.39. The van der Waals surface area contributed by atoms with Crippen LogP contribution >= 0.6 is 11.8 Å². The highest BCUT2D eigenvalue weighted by Crippen LogP contribution is 2.18. The number of aliphatic imine (C=N–C) groups is 1. The molecule has 2 N–H and O–H groups in total. The van der Waals surface area contributed by atoms with Crippen molar-refractivity contribution in [1.82, 2.24) is 25.4 Å². The summed E-state index contributed by atoms with van der Waals surface area (Å²) >= 11 is 1.57. The van der Waals surface area contributed by atoms with E-state index in [-0.39, 0.29) is 6.54 Å². The molecular weight excluding hydrogens is 353 g/mol. The summed E-state index contributed by atoms with van der Waals surface area (Å²) < 4.78 is 38.6. The van der Waals surface area contributed by atoms with Gasteiger partial charge in [0.25, 0.3) is 0 Å². The second-order valence-corrected chi connectivity index (χ2v) is 6.78. The van der Waals surface area contributed by atoms with Crippen molar-refractivity contribution in [2.24, 2.45) is 10.9 Å². The van der Waals surface area contributed by atoms with Gasteiger partial charge in [0.05, 0.1) is 6.42 Å². The molecule has 6 nitrogen and oxygen atoms in total. The van der Waals surface area contributed by atoms with Crippen molar-refractivity contribution < 1.29 is 13.2 Å². The predicted octanol–water partition coefficient (Wildman–Crippen LogP) is 2.71. The molecule has 1 rings (SSSR count). The molecule has 1 aromatic rings. The summed E-state index contributed by atoms with van der Waals surface area (Å²) in [5.74, 6) is 1.80. The molecule has 0 radical (unpaired) electrons. The first-order valence-corrected chi connectivity index (χ1v) is 9.46. The highest BCUT2D eigenvalue weighted by molar-refractivity contribution is 7.98. The standard InChI is InChI=1S/C15H27F3N6S/c1-11(2)10-24-12(22-23-14(24)25-4)6-5-8-20-13(19-3)21-9-7-15(16,17)18/h11H,5-10H2,1-4H3,(H2,19,20,21). The SMILES string of the molecule is CN=C(NCCCc1nnc(SC)n1CC(C)C)NCCC(F)(F)F. The van der Waals surface area contributed by atoms with E-state index in [2.05, 4.69) is 44.2 Å². The van der Waals surface area contributed by atoms with Crippen molar-refractivity contribution in [2.45, 2.75) is 51.0 Å². The predicted molar refractivity (Wildman–Crippen MR) is 95.0 cm³/mol. The number of guanidine groups is 1. The molecule has 0 saturated carbocycles. The Kier molecular flexibility index (Phi) is 9.09. The largest absolute Gasteiger partial charge is 0.390 e. The van der Waals surface area contributed by atoms with E-state index in [0.29, 0.717) is 18.4 Å². The molecule has 144 valence electrons. The van der Waals surface area contributed by atoms with Gasteiger partial charge in [0.1, 0.15) is 5.82 Å². The smallest absolute Gasteiger partial charge is 0.356 e. The normalized spacial score (nSPS) is 12.7. The van der Waals surface area contributed by atoms with E-state index in [1.807, 2.05) is 6.26 Å². The van der Waals surface area contributed by atoms with Crippen LogP contribution in [-0.4, -0.2) is 53.3 Å². The molecule has 0 unspecified atom stereocenters. The van der Waals surface area contributed by atoms with Crippen molar-refractivity contribution in [3.05, 3.63) is 5.82 Å². The molecule has 0 spiro atoms. The van der Waals surface area contributed by atoms with Crippen LogP contribution in [0.25, 0.3) is 0 Å². The number of rotatable bonds is 9. The van der Waals surface area contributed by atoms with Crippen LogP contribution in [0.2, 0.25) is 0 Å². The average Bonchev–Trinajstić information content (AvgIpc) is 2.89. The number of nitrogens with zero attached hydrogens (tertiary/aromatic N) is 4. The van der Waals surface area contributed by atoms with Gasteiger partial charge in [-0.15, -0.1) is 10.2 Å². The van der Waals surface area contributed by atoms with Gasteiger partial charge in [0.2, 0.25) is 0 Å². The zero-order valence-corrected chi connectivity index (χ0v) is 16.0. The fraction of sp³-hybridized carbons (Fsp3) is 0.800. The first-order valence-electron chi connectivity index (χ1n) is 8.24. The minimum atomic E-state index is -4.17. The molecule has 0 aliphatic heterocycles. The Morgan fingerprint density at radius 3 is 2.48 bits per heavy atom. The van der Waals surface area contributed by atoms with Crippen LogP contribution in [0.1, 0.15) is 32.5 Å². The van der Waals surface area contributed by atoms with Gasteiger partial charge in [0.15, 0.2) is 11.1 Å². The first kappa shape index (κ1) is 21.6. The van der Waals surface area contributed by atoms with Gasteiger partial charge in [-0.05, 0) is 18.6 Å². The van der Waals surface area contributed by atoms with Gasteiger partial charge in [-0.3, -0.25) is 4.99 Å². The Morgan fingerprint density at radius 1 is 1.24 bits per heavy atom. The number of aryl methyl sites for hydroxylation is 1. The highest BCUT2D eigenvalue weighted by Gasteiger charge is 2.26. The molecule has 10 heteroatoms. The summed E-state index contributed by atoms with van der Waals surface area (Å²) in [5.41, 5.74) is 0. The number of nitrogens with one attached hydrogen (secondary N) is 2. The number of thioether (sulfide) groups is 1. The Morgan fingerprint density at radius 2 is 1.92 bits per heavy atom. The number of hydrogen-bond donors (Lipinski definition) is 2. The van der Waals surface area contributed by atoms with E-state index in [9.17, 15) is 13.2 Å². The molecule has 0 aliphatic rings. The molecule has 0 aliphatic carbocycles. The average molecular weight is 380 g/mol. The summed E-state index contributed by atoms with van der Waals surface area (Å²) in [6, 6.07) is 0. The van der Waals surface area contributed by atoms with Gasteiger partial charge in [-0.1, -0.05) is 25.6 Å². The van der Waals surface area contributed by atoms with Crippen LogP contribution in [-0.2, 0) is 13.0 Å². The van der Waals surface area contributed by atoms with E-state index in [1.165, 1.54) is 7.05 Å². The number of aromatic nitrogens is 3. The Bertz CT molecular complexity index is 542. The van der Waals surface area contributed by atoms with Gasteiger partial charge >= 0.3 is 6.18 Å². The first-order chi connectivity index (χ1) is 11.8. The minimum absolute atomic E-state index is 0.191. The number of hydrogen-bond acceptors (Lipinski definition) is 4. The second-order valence-electron chi connectivity index (χ2n) is 6.00. The third kappa shape index (κ3) is 8.46. The number of alkyl halides is 3. The lowest BCUT2D eigenvalue weighted by molar-refractivity contribution is -0.132. The van der Waals surface area contributed by atoms with Crippen LogP contribution in [0.4, 0.5) is 13.2 Å². The van der Waals surface area contributed by atoms with Crippen LogP contribution in [0.5, 0.6) is 0 Å². The van der Waals surface area contributed by atoms with Gasteiger partial charge in [-0.25, -0.2) is 0 Å². The monoisotopic (exact) mass is 380 g/mol. The van der Waals surface area contributed by atoms with Crippen molar-refractivity contribution in [3.8, 4) is 0 Å². The summed E-state index contributed by atoms with van der Waals surface area (Å²) in [7, 11) is 1.53. The Labute approximate surface area is 151 Å². The quantitative estimate of drug-likeness (QED) is 0.298. The lowest BCUT2D eigenvalue weighted by atomic mass is 10.2. The van der Waals surface area contributed by atoms with E-state index >= 15 is 0 Å². The van der Waals surface area contributed by atoms with Gasteiger partial charge in [-0.2, -0.15) is 13.2 Å². The van der Waals surface area contributed by atoms with Crippen LogP contribution in [0.3, 0.4) is 0 Å². The van der Waals surface area contributed by atoms with Gasteiger partial charge < -0.3 is 15.2 Å². The van der Waals surface area contributed by atoms with Crippen molar-refractivity contribution in [1.29, 1.82) is 0 Å². The molecule has 1 heterocycles. The number of halogens is 3. The second kappa shape index (κ2) is 10.5. The van der Waals surface area contributed by atoms with Gasteiger partial charge in [0, 0.05) is 33.1 Å². The van der Waals surface area contributed by atoms with Crippen molar-refractivity contribution >= 4 is 17.7 Å². The molecule has 0 saturated heterocycles. The molecule has 25 heavy (non-hydrogen) atoms. The fourth-order valence-electron chi connectivity index (χ4n) is 2.20. The molecule has 0 atom stereocenters. The maximum Gasteiger partial charge on any atom is 0.390 e. The Balaban J connectivity index is 2.40. The molecule has 1 aromatic heterocycles. The Hall–Kier alpha value is -1.45. The molecule has 0 bridgehead atoms. The maximum atomic E-state index is 12.1. The third-order valence-electron chi connectivity index (χ3n) is 3.32. The van der Waals surface area contributed by atoms with E-state index in [4.69, 9.17) is 0 Å². The molecule has 0 amide bonds. The topological polar surface area (TPSA) is 67.1 Å². The van der Waals surface area contributed by atoms with E-state index < -0.39 is 12.6 Å². The third-order valence-corrected chi connectivity index (χ3v) is 3.99. The minimum Gasteiger partial charge on any atom is -0.356 e. The maximum absolute atomic E-state index is 12.1. The summed E-state index contributed by atoms with van der Waals surface area (Å²) in [4.78, 5) is 3.92. The van der Waals surface area contributed by atoms with Crippen molar-refractivity contribution in [2.75, 3.05) is 26.4 Å². The molecular formula is C15H27F3N6S. The zero-order chi connectivity index (χ0) is 18.9. The fourth-order valence-corrected chi connectivity index (χ4v) is 2.72. The molecule has 0 aromatic carbocycles. The van der Waals surface area contributed by atoms with Crippen LogP contribution < -0.4 is 10.6 Å².